The number of rotatable bonds is 3. The molecule has 0 saturated heterocycles. The van der Waals surface area contributed by atoms with Gasteiger partial charge in [-0.1, -0.05) is 29.8 Å². The molecule has 0 fully saturated rings. The summed E-state index contributed by atoms with van der Waals surface area (Å²) in [6.07, 6.45) is 0. The van der Waals surface area contributed by atoms with Gasteiger partial charge < -0.3 is 10.6 Å². The first kappa shape index (κ1) is 14.9. The third-order valence-corrected chi connectivity index (χ3v) is 3.53. The molecule has 0 atom stereocenters. The van der Waals surface area contributed by atoms with Crippen LogP contribution in [0.5, 0.6) is 0 Å². The van der Waals surface area contributed by atoms with Crippen LogP contribution < -0.4 is 5.73 Å². The van der Waals surface area contributed by atoms with Crippen molar-refractivity contribution < 1.29 is 4.79 Å². The summed E-state index contributed by atoms with van der Waals surface area (Å²) < 4.78 is 0. The molecule has 0 bridgehead atoms. The molecule has 2 aromatic carbocycles. The fourth-order valence-electron chi connectivity index (χ4n) is 1.95. The van der Waals surface area contributed by atoms with Gasteiger partial charge in [0.05, 0.1) is 27.9 Å². The molecule has 2 rings (SSSR count). The molecule has 21 heavy (non-hydrogen) atoms. The van der Waals surface area contributed by atoms with Crippen LogP contribution >= 0.6 is 11.6 Å². The average Bonchev–Trinajstić information content (AvgIpc) is 2.50. The maximum Gasteiger partial charge on any atom is 0.255 e. The number of hydrogen-bond donors (Lipinski definition) is 1. The summed E-state index contributed by atoms with van der Waals surface area (Å²) in [5.74, 6) is -0.198. The molecule has 0 aromatic heterocycles. The fraction of sp³-hybridized carbons (Fsp3) is 0.125. The predicted octanol–water partition coefficient (Wildman–Crippen LogP) is 3.07. The molecule has 0 aliphatic carbocycles. The Morgan fingerprint density at radius 2 is 1.95 bits per heavy atom. The van der Waals surface area contributed by atoms with Gasteiger partial charge in [0, 0.05) is 13.6 Å². The quantitative estimate of drug-likeness (QED) is 0.885. The molecule has 0 aliphatic rings. The SMILES string of the molecule is CN(Cc1ccc(C#N)cc1)C(=O)c1cccc(N)c1Cl. The molecule has 4 nitrogen and oxygen atoms in total. The molecule has 0 radical (unpaired) electrons. The summed E-state index contributed by atoms with van der Waals surface area (Å²) in [6.45, 7) is 0.426. The van der Waals surface area contributed by atoms with Crippen molar-refractivity contribution in [1.82, 2.24) is 4.90 Å². The van der Waals surface area contributed by atoms with E-state index in [2.05, 4.69) is 6.07 Å². The maximum atomic E-state index is 12.4. The highest BCUT2D eigenvalue weighted by molar-refractivity contribution is 6.36. The van der Waals surface area contributed by atoms with Crippen LogP contribution in [0, 0.1) is 11.3 Å². The van der Waals surface area contributed by atoms with Gasteiger partial charge in [0.1, 0.15) is 0 Å². The summed E-state index contributed by atoms with van der Waals surface area (Å²) in [4.78, 5) is 13.9. The van der Waals surface area contributed by atoms with Gasteiger partial charge in [0.25, 0.3) is 5.91 Å². The summed E-state index contributed by atoms with van der Waals surface area (Å²) >= 11 is 6.07. The van der Waals surface area contributed by atoms with Crippen LogP contribution in [-0.2, 0) is 6.54 Å². The second-order valence-electron chi connectivity index (χ2n) is 4.68. The zero-order chi connectivity index (χ0) is 15.4. The number of carbonyl (C=O) groups excluding carboxylic acids is 1. The van der Waals surface area contributed by atoms with Crippen LogP contribution in [0.25, 0.3) is 0 Å². The topological polar surface area (TPSA) is 70.1 Å². The molecule has 0 saturated carbocycles. The molecule has 0 aliphatic heterocycles. The Morgan fingerprint density at radius 1 is 1.29 bits per heavy atom. The molecule has 0 unspecified atom stereocenters. The van der Waals surface area contributed by atoms with Gasteiger partial charge in [-0.15, -0.1) is 0 Å². The number of benzene rings is 2. The predicted molar refractivity (Wildman–Crippen MR) is 82.8 cm³/mol. The van der Waals surface area contributed by atoms with Gasteiger partial charge >= 0.3 is 0 Å². The van der Waals surface area contributed by atoms with Gasteiger partial charge in [0.2, 0.25) is 0 Å². The van der Waals surface area contributed by atoms with E-state index in [0.717, 1.165) is 5.56 Å². The second kappa shape index (κ2) is 6.29. The first-order chi connectivity index (χ1) is 10.0. The van der Waals surface area contributed by atoms with E-state index < -0.39 is 0 Å². The normalized spacial score (nSPS) is 9.95. The molecule has 2 N–H and O–H groups in total. The summed E-state index contributed by atoms with van der Waals surface area (Å²) in [5, 5.41) is 9.04. The van der Waals surface area contributed by atoms with Gasteiger partial charge in [-0.25, -0.2) is 0 Å². The average molecular weight is 300 g/mol. The highest BCUT2D eigenvalue weighted by Gasteiger charge is 2.16. The number of nitriles is 1. The lowest BCUT2D eigenvalue weighted by Crippen LogP contribution is -2.26. The molecular weight excluding hydrogens is 286 g/mol. The van der Waals surface area contributed by atoms with E-state index in [9.17, 15) is 4.79 Å². The zero-order valence-electron chi connectivity index (χ0n) is 11.5. The maximum absolute atomic E-state index is 12.4. The Bertz CT molecular complexity index is 704. The standard InChI is InChI=1S/C16H14ClN3O/c1-20(10-12-7-5-11(9-18)6-8-12)16(21)13-3-2-4-14(19)15(13)17/h2-8H,10,19H2,1H3. The van der Waals surface area contributed by atoms with Crippen LogP contribution in [-0.4, -0.2) is 17.9 Å². The van der Waals surface area contributed by atoms with Crippen molar-refractivity contribution in [2.24, 2.45) is 0 Å². The number of nitrogen functional groups attached to an aromatic ring is 1. The van der Waals surface area contributed by atoms with Gasteiger partial charge in [0.15, 0.2) is 0 Å². The van der Waals surface area contributed by atoms with Crippen molar-refractivity contribution >= 4 is 23.2 Å². The third kappa shape index (κ3) is 3.33. The van der Waals surface area contributed by atoms with Gasteiger partial charge in [-0.3, -0.25) is 4.79 Å². The van der Waals surface area contributed by atoms with Crippen molar-refractivity contribution in [3.05, 3.63) is 64.2 Å². The van der Waals surface area contributed by atoms with E-state index in [-0.39, 0.29) is 10.9 Å². The smallest absolute Gasteiger partial charge is 0.255 e. The molecule has 5 heteroatoms. The lowest BCUT2D eigenvalue weighted by molar-refractivity contribution is 0.0785. The van der Waals surface area contributed by atoms with Crippen LogP contribution in [0.1, 0.15) is 21.5 Å². The van der Waals surface area contributed by atoms with Crippen molar-refractivity contribution in [2.45, 2.75) is 6.54 Å². The Labute approximate surface area is 128 Å². The number of hydrogen-bond acceptors (Lipinski definition) is 3. The number of halogens is 1. The van der Waals surface area contributed by atoms with Crippen LogP contribution in [0.15, 0.2) is 42.5 Å². The van der Waals surface area contributed by atoms with Crippen molar-refractivity contribution in [3.63, 3.8) is 0 Å². The lowest BCUT2D eigenvalue weighted by Gasteiger charge is -2.18. The number of amides is 1. The van der Waals surface area contributed by atoms with E-state index in [1.54, 1.807) is 42.3 Å². The van der Waals surface area contributed by atoms with E-state index in [1.165, 1.54) is 0 Å². The number of anilines is 1. The zero-order valence-corrected chi connectivity index (χ0v) is 12.3. The molecule has 106 valence electrons. The number of nitrogens with two attached hydrogens (primary N) is 1. The van der Waals surface area contributed by atoms with E-state index in [0.29, 0.717) is 23.4 Å². The van der Waals surface area contributed by atoms with Crippen LogP contribution in [0.4, 0.5) is 5.69 Å². The Balaban J connectivity index is 2.15. The van der Waals surface area contributed by atoms with Gasteiger partial charge in [-0.05, 0) is 29.8 Å². The Kier molecular flexibility index (Phi) is 4.46. The highest BCUT2D eigenvalue weighted by Crippen LogP contribution is 2.24. The monoisotopic (exact) mass is 299 g/mol. The lowest BCUT2D eigenvalue weighted by atomic mass is 10.1. The minimum atomic E-state index is -0.198. The number of nitrogens with zero attached hydrogens (tertiary/aromatic N) is 2. The Morgan fingerprint density at radius 3 is 2.57 bits per heavy atom. The van der Waals surface area contributed by atoms with Crippen LogP contribution in [0.2, 0.25) is 5.02 Å². The van der Waals surface area contributed by atoms with E-state index >= 15 is 0 Å². The summed E-state index contributed by atoms with van der Waals surface area (Å²) in [5.41, 5.74) is 8.00. The third-order valence-electron chi connectivity index (χ3n) is 3.11. The molecule has 2 aromatic rings. The minimum Gasteiger partial charge on any atom is -0.398 e. The van der Waals surface area contributed by atoms with Crippen LogP contribution in [0.3, 0.4) is 0 Å². The van der Waals surface area contributed by atoms with E-state index in [4.69, 9.17) is 22.6 Å². The molecular formula is C16H14ClN3O. The van der Waals surface area contributed by atoms with Crippen molar-refractivity contribution in [3.8, 4) is 6.07 Å². The van der Waals surface area contributed by atoms with Crippen molar-refractivity contribution in [1.29, 1.82) is 5.26 Å². The van der Waals surface area contributed by atoms with Gasteiger partial charge in [-0.2, -0.15) is 5.26 Å². The first-order valence-electron chi connectivity index (χ1n) is 6.31. The fourth-order valence-corrected chi connectivity index (χ4v) is 2.16. The molecule has 0 heterocycles. The van der Waals surface area contributed by atoms with E-state index in [1.807, 2.05) is 12.1 Å². The molecule has 0 spiro atoms. The summed E-state index contributed by atoms with van der Waals surface area (Å²) in [6, 6.07) is 14.2. The second-order valence-corrected chi connectivity index (χ2v) is 5.06. The van der Waals surface area contributed by atoms with Crippen molar-refractivity contribution in [2.75, 3.05) is 12.8 Å². The Hall–Kier alpha value is -2.51. The largest absolute Gasteiger partial charge is 0.398 e. The number of carbonyl (C=O) groups is 1. The minimum absolute atomic E-state index is 0.198. The molecule has 1 amide bonds. The summed E-state index contributed by atoms with van der Waals surface area (Å²) in [7, 11) is 1.69. The first-order valence-corrected chi connectivity index (χ1v) is 6.69. The highest BCUT2D eigenvalue weighted by atomic mass is 35.5.